The number of thiazole rings is 1. The number of amides is 1. The van der Waals surface area contributed by atoms with Crippen LogP contribution in [0, 0.1) is 0 Å². The van der Waals surface area contributed by atoms with Gasteiger partial charge in [0.2, 0.25) is 0 Å². The lowest BCUT2D eigenvalue weighted by Gasteiger charge is -2.33. The Labute approximate surface area is 149 Å². The van der Waals surface area contributed by atoms with E-state index in [0.29, 0.717) is 29.7 Å². The SMILES string of the molecule is CC(C)c1nnc2n1[C@@H](C)CN(C(=O)c1ccc3sc(N)nc3c1)C2. The summed E-state index contributed by atoms with van der Waals surface area (Å²) in [5.74, 6) is 2.12. The zero-order chi connectivity index (χ0) is 17.7. The lowest BCUT2D eigenvalue weighted by Crippen LogP contribution is -2.40. The van der Waals surface area contributed by atoms with Crippen molar-refractivity contribution in [3.05, 3.63) is 35.4 Å². The van der Waals surface area contributed by atoms with Crippen LogP contribution < -0.4 is 5.73 Å². The Hall–Kier alpha value is -2.48. The Morgan fingerprint density at radius 2 is 2.16 bits per heavy atom. The average molecular weight is 356 g/mol. The number of rotatable bonds is 2. The first kappa shape index (κ1) is 16.0. The highest BCUT2D eigenvalue weighted by Crippen LogP contribution is 2.28. The number of benzene rings is 1. The van der Waals surface area contributed by atoms with Crippen LogP contribution in [0.2, 0.25) is 0 Å². The van der Waals surface area contributed by atoms with Crippen molar-refractivity contribution < 1.29 is 4.79 Å². The molecular weight excluding hydrogens is 336 g/mol. The van der Waals surface area contributed by atoms with Crippen LogP contribution in [0.5, 0.6) is 0 Å². The minimum absolute atomic E-state index is 0.0133. The van der Waals surface area contributed by atoms with Crippen molar-refractivity contribution in [2.24, 2.45) is 0 Å². The predicted octanol–water partition coefficient (Wildman–Crippen LogP) is 2.81. The molecule has 3 aromatic rings. The van der Waals surface area contributed by atoms with Crippen molar-refractivity contribution in [2.45, 2.75) is 39.3 Å². The number of fused-ring (bicyclic) bond motifs is 2. The van der Waals surface area contributed by atoms with Crippen molar-refractivity contribution >= 4 is 32.6 Å². The van der Waals surface area contributed by atoms with Crippen LogP contribution in [0.4, 0.5) is 5.13 Å². The van der Waals surface area contributed by atoms with Gasteiger partial charge in [0, 0.05) is 18.0 Å². The minimum atomic E-state index is -0.0133. The number of anilines is 1. The maximum absolute atomic E-state index is 13.0. The highest BCUT2D eigenvalue weighted by atomic mass is 32.1. The number of hydrogen-bond donors (Lipinski definition) is 1. The lowest BCUT2D eigenvalue weighted by atomic mass is 10.1. The summed E-state index contributed by atoms with van der Waals surface area (Å²) in [6.45, 7) is 7.43. The summed E-state index contributed by atoms with van der Waals surface area (Å²) in [5.41, 5.74) is 7.15. The van der Waals surface area contributed by atoms with Crippen LogP contribution in [-0.2, 0) is 6.54 Å². The zero-order valence-corrected chi connectivity index (χ0v) is 15.2. The first-order chi connectivity index (χ1) is 11.9. The molecule has 0 spiro atoms. The highest BCUT2D eigenvalue weighted by Gasteiger charge is 2.30. The van der Waals surface area contributed by atoms with Gasteiger partial charge in [-0.2, -0.15) is 0 Å². The molecule has 0 fully saturated rings. The molecule has 3 heterocycles. The molecule has 0 unspecified atom stereocenters. The predicted molar refractivity (Wildman–Crippen MR) is 97.6 cm³/mol. The smallest absolute Gasteiger partial charge is 0.254 e. The second-order valence-electron chi connectivity index (χ2n) is 6.77. The Morgan fingerprint density at radius 1 is 1.36 bits per heavy atom. The molecule has 1 amide bonds. The molecule has 0 radical (unpaired) electrons. The number of nitrogens with zero attached hydrogens (tertiary/aromatic N) is 5. The van der Waals surface area contributed by atoms with E-state index >= 15 is 0 Å². The van der Waals surface area contributed by atoms with Gasteiger partial charge in [0.1, 0.15) is 5.82 Å². The molecule has 1 aromatic carbocycles. The summed E-state index contributed by atoms with van der Waals surface area (Å²) >= 11 is 1.42. The Morgan fingerprint density at radius 3 is 2.92 bits per heavy atom. The molecule has 25 heavy (non-hydrogen) atoms. The zero-order valence-electron chi connectivity index (χ0n) is 14.4. The lowest BCUT2D eigenvalue weighted by molar-refractivity contribution is 0.0679. The molecule has 8 heteroatoms. The summed E-state index contributed by atoms with van der Waals surface area (Å²) in [6.07, 6.45) is 0. The summed E-state index contributed by atoms with van der Waals surface area (Å²) < 4.78 is 3.15. The standard InChI is InChI=1S/C17H20N6OS/c1-9(2)15-21-20-14-8-22(7-10(3)23(14)15)16(24)11-4-5-13-12(6-11)19-17(18)25-13/h4-6,9-10H,7-8H2,1-3H3,(H2,18,19)/t10-/m0/s1. The molecule has 0 bridgehead atoms. The van der Waals surface area contributed by atoms with Crippen LogP contribution in [0.25, 0.3) is 10.2 Å². The minimum Gasteiger partial charge on any atom is -0.375 e. The largest absolute Gasteiger partial charge is 0.375 e. The number of carbonyl (C=O) groups excluding carboxylic acids is 1. The van der Waals surface area contributed by atoms with E-state index in [1.165, 1.54) is 11.3 Å². The van der Waals surface area contributed by atoms with E-state index in [1.807, 2.05) is 23.1 Å². The average Bonchev–Trinajstić information content (AvgIpc) is 3.15. The van der Waals surface area contributed by atoms with E-state index in [2.05, 4.69) is 40.5 Å². The molecule has 0 saturated heterocycles. The third-order valence-electron chi connectivity index (χ3n) is 4.51. The van der Waals surface area contributed by atoms with Crippen LogP contribution in [0.1, 0.15) is 54.7 Å². The summed E-state index contributed by atoms with van der Waals surface area (Å²) in [4.78, 5) is 19.1. The van der Waals surface area contributed by atoms with Gasteiger partial charge >= 0.3 is 0 Å². The first-order valence-electron chi connectivity index (χ1n) is 8.33. The normalized spacial score (nSPS) is 17.3. The van der Waals surface area contributed by atoms with E-state index in [9.17, 15) is 4.79 Å². The molecular formula is C17H20N6OS. The van der Waals surface area contributed by atoms with Gasteiger partial charge < -0.3 is 15.2 Å². The molecule has 2 N–H and O–H groups in total. The molecule has 0 saturated carbocycles. The fourth-order valence-electron chi connectivity index (χ4n) is 3.37. The summed E-state index contributed by atoms with van der Waals surface area (Å²) in [6, 6.07) is 5.71. The van der Waals surface area contributed by atoms with Crippen LogP contribution >= 0.6 is 11.3 Å². The topological polar surface area (TPSA) is 89.9 Å². The third kappa shape index (κ3) is 2.66. The highest BCUT2D eigenvalue weighted by molar-refractivity contribution is 7.22. The molecule has 7 nitrogen and oxygen atoms in total. The van der Waals surface area contributed by atoms with Crippen LogP contribution in [0.15, 0.2) is 18.2 Å². The van der Waals surface area contributed by atoms with Crippen molar-refractivity contribution in [2.75, 3.05) is 12.3 Å². The molecule has 1 aliphatic heterocycles. The fraction of sp³-hybridized carbons (Fsp3) is 0.412. The number of nitrogen functional groups attached to an aromatic ring is 1. The second kappa shape index (κ2) is 5.80. The molecule has 1 aliphatic rings. The Bertz CT molecular complexity index is 959. The summed E-state index contributed by atoms with van der Waals surface area (Å²) in [5, 5.41) is 9.12. The van der Waals surface area contributed by atoms with E-state index in [4.69, 9.17) is 5.73 Å². The van der Waals surface area contributed by atoms with Gasteiger partial charge in [-0.25, -0.2) is 4.98 Å². The van der Waals surface area contributed by atoms with E-state index in [1.54, 1.807) is 0 Å². The first-order valence-corrected chi connectivity index (χ1v) is 9.14. The number of aromatic nitrogens is 4. The van der Waals surface area contributed by atoms with Crippen molar-refractivity contribution in [3.63, 3.8) is 0 Å². The van der Waals surface area contributed by atoms with Gasteiger partial charge in [-0.05, 0) is 25.1 Å². The monoisotopic (exact) mass is 356 g/mol. The van der Waals surface area contributed by atoms with Crippen LogP contribution in [0.3, 0.4) is 0 Å². The van der Waals surface area contributed by atoms with Crippen molar-refractivity contribution in [3.8, 4) is 0 Å². The fourth-order valence-corrected chi connectivity index (χ4v) is 4.09. The number of nitrogens with two attached hydrogens (primary N) is 1. The molecule has 2 aromatic heterocycles. The van der Waals surface area contributed by atoms with Gasteiger partial charge in [0.15, 0.2) is 11.0 Å². The second-order valence-corrected chi connectivity index (χ2v) is 7.83. The van der Waals surface area contributed by atoms with E-state index < -0.39 is 0 Å². The molecule has 130 valence electrons. The van der Waals surface area contributed by atoms with Crippen molar-refractivity contribution in [1.29, 1.82) is 0 Å². The van der Waals surface area contributed by atoms with Gasteiger partial charge in [0.25, 0.3) is 5.91 Å². The maximum atomic E-state index is 13.0. The number of carbonyl (C=O) groups is 1. The quantitative estimate of drug-likeness (QED) is 0.762. The van der Waals surface area contributed by atoms with Crippen molar-refractivity contribution in [1.82, 2.24) is 24.6 Å². The van der Waals surface area contributed by atoms with E-state index in [0.717, 1.165) is 21.9 Å². The molecule has 4 rings (SSSR count). The van der Waals surface area contributed by atoms with E-state index in [-0.39, 0.29) is 11.9 Å². The summed E-state index contributed by atoms with van der Waals surface area (Å²) in [7, 11) is 0. The van der Waals surface area contributed by atoms with Gasteiger partial charge in [-0.1, -0.05) is 25.2 Å². The Kier molecular flexibility index (Phi) is 3.72. The molecule has 1 atom stereocenters. The van der Waals surface area contributed by atoms with Crippen LogP contribution in [-0.4, -0.2) is 37.1 Å². The van der Waals surface area contributed by atoms with Gasteiger partial charge in [0.05, 0.1) is 22.8 Å². The third-order valence-corrected chi connectivity index (χ3v) is 5.37. The molecule has 0 aliphatic carbocycles. The Balaban J connectivity index is 1.64. The van der Waals surface area contributed by atoms with Gasteiger partial charge in [-0.3, -0.25) is 4.79 Å². The van der Waals surface area contributed by atoms with Gasteiger partial charge in [-0.15, -0.1) is 10.2 Å². The maximum Gasteiger partial charge on any atom is 0.254 e. The number of hydrogen-bond acceptors (Lipinski definition) is 6.